The van der Waals surface area contributed by atoms with Crippen molar-refractivity contribution in [1.82, 2.24) is 20.2 Å². The lowest BCUT2D eigenvalue weighted by molar-refractivity contribution is 0.181. The van der Waals surface area contributed by atoms with Crippen LogP contribution < -0.4 is 10.1 Å². The summed E-state index contributed by atoms with van der Waals surface area (Å²) in [7, 11) is 3.18. The zero-order valence-corrected chi connectivity index (χ0v) is 12.5. The maximum absolute atomic E-state index is 5.14. The van der Waals surface area contributed by atoms with E-state index < -0.39 is 0 Å². The van der Waals surface area contributed by atoms with Gasteiger partial charge in [0.15, 0.2) is 5.82 Å². The Balaban J connectivity index is 2.32. The first-order valence-corrected chi connectivity index (χ1v) is 6.75. The highest BCUT2D eigenvalue weighted by Crippen LogP contribution is 2.17. The molecule has 112 valence electrons. The van der Waals surface area contributed by atoms with Gasteiger partial charge in [0.25, 0.3) is 0 Å². The summed E-state index contributed by atoms with van der Waals surface area (Å²) in [6.45, 7) is 3.36. The summed E-state index contributed by atoms with van der Waals surface area (Å²) >= 11 is 0. The molecule has 0 aliphatic rings. The lowest BCUT2D eigenvalue weighted by Crippen LogP contribution is -2.07. The first-order valence-electron chi connectivity index (χ1n) is 6.75. The van der Waals surface area contributed by atoms with Crippen LogP contribution in [0.25, 0.3) is 11.5 Å². The largest absolute Gasteiger partial charge is 0.480 e. The summed E-state index contributed by atoms with van der Waals surface area (Å²) in [5.41, 5.74) is 1.38. The van der Waals surface area contributed by atoms with Gasteiger partial charge in [-0.15, -0.1) is 10.2 Å². The zero-order valence-electron chi connectivity index (χ0n) is 12.5. The summed E-state index contributed by atoms with van der Waals surface area (Å²) in [6.07, 6.45) is 1.02. The van der Waals surface area contributed by atoms with Crippen molar-refractivity contribution in [3.8, 4) is 17.4 Å². The highest BCUT2D eigenvalue weighted by molar-refractivity contribution is 5.52. The molecule has 0 unspecified atom stereocenters. The average Bonchev–Trinajstić information content (AvgIpc) is 2.53. The number of nitrogens with one attached hydrogen (secondary N) is 1. The maximum Gasteiger partial charge on any atom is 0.233 e. The van der Waals surface area contributed by atoms with E-state index in [2.05, 4.69) is 32.4 Å². The Bertz CT molecular complexity index is 574. The molecule has 0 bridgehead atoms. The number of hydrogen-bond acceptors (Lipinski definition) is 7. The Morgan fingerprint density at radius 3 is 2.62 bits per heavy atom. The fourth-order valence-corrected chi connectivity index (χ4v) is 1.73. The first kappa shape index (κ1) is 15.1. The number of aromatic nitrogens is 4. The third-order valence-corrected chi connectivity index (χ3v) is 2.71. The summed E-state index contributed by atoms with van der Waals surface area (Å²) in [4.78, 5) is 8.90. The molecule has 0 spiro atoms. The van der Waals surface area contributed by atoms with Crippen LogP contribution in [-0.2, 0) is 11.3 Å². The molecule has 0 saturated carbocycles. The Hall–Kier alpha value is -2.28. The van der Waals surface area contributed by atoms with E-state index in [1.807, 2.05) is 6.07 Å². The molecule has 0 aromatic carbocycles. The van der Waals surface area contributed by atoms with Crippen LogP contribution in [0.3, 0.4) is 0 Å². The molecular weight excluding hydrogens is 270 g/mol. The number of nitrogens with zero attached hydrogens (tertiary/aromatic N) is 4. The molecule has 2 aromatic heterocycles. The van der Waals surface area contributed by atoms with E-state index in [4.69, 9.17) is 9.47 Å². The molecular formula is C14H19N5O2. The lowest BCUT2D eigenvalue weighted by atomic mass is 10.3. The monoisotopic (exact) mass is 289 g/mol. The molecule has 21 heavy (non-hydrogen) atoms. The smallest absolute Gasteiger partial charge is 0.233 e. The van der Waals surface area contributed by atoms with Crippen LogP contribution in [0.1, 0.15) is 19.0 Å². The van der Waals surface area contributed by atoms with Crippen molar-refractivity contribution < 1.29 is 9.47 Å². The van der Waals surface area contributed by atoms with E-state index in [1.165, 1.54) is 0 Å². The lowest BCUT2D eigenvalue weighted by Gasteiger charge is -2.09. The number of ether oxygens (including phenoxy) is 2. The van der Waals surface area contributed by atoms with Crippen LogP contribution in [0, 0.1) is 0 Å². The zero-order chi connectivity index (χ0) is 15.1. The fourth-order valence-electron chi connectivity index (χ4n) is 1.73. The first-order chi connectivity index (χ1) is 10.3. The van der Waals surface area contributed by atoms with Gasteiger partial charge in [-0.1, -0.05) is 6.92 Å². The van der Waals surface area contributed by atoms with Crippen LogP contribution in [0.15, 0.2) is 18.2 Å². The fraction of sp³-hybridized carbons (Fsp3) is 0.429. The van der Waals surface area contributed by atoms with Crippen molar-refractivity contribution in [3.63, 3.8) is 0 Å². The van der Waals surface area contributed by atoms with Crippen LogP contribution in [-0.4, -0.2) is 40.9 Å². The van der Waals surface area contributed by atoms with Gasteiger partial charge in [0, 0.05) is 25.8 Å². The second-order valence-corrected chi connectivity index (χ2v) is 4.39. The van der Waals surface area contributed by atoms with Gasteiger partial charge in [-0.25, -0.2) is 9.97 Å². The van der Waals surface area contributed by atoms with Gasteiger partial charge in [-0.05, 0) is 12.5 Å². The SMILES string of the molecule is CCCNc1cc(COC)nc(-c2ccc(OC)nn2)n1. The molecule has 0 aliphatic carbocycles. The second-order valence-electron chi connectivity index (χ2n) is 4.39. The van der Waals surface area contributed by atoms with E-state index in [0.717, 1.165) is 24.5 Å². The van der Waals surface area contributed by atoms with Crippen LogP contribution in [0.5, 0.6) is 5.88 Å². The van der Waals surface area contributed by atoms with E-state index in [1.54, 1.807) is 26.4 Å². The van der Waals surface area contributed by atoms with Crippen LogP contribution in [0.4, 0.5) is 5.82 Å². The van der Waals surface area contributed by atoms with Crippen molar-refractivity contribution in [2.24, 2.45) is 0 Å². The number of methoxy groups -OCH3 is 2. The van der Waals surface area contributed by atoms with Gasteiger partial charge in [0.05, 0.1) is 19.4 Å². The van der Waals surface area contributed by atoms with Gasteiger partial charge < -0.3 is 14.8 Å². The predicted molar refractivity (Wildman–Crippen MR) is 79.1 cm³/mol. The summed E-state index contributed by atoms with van der Waals surface area (Å²) in [6, 6.07) is 5.38. The molecule has 0 saturated heterocycles. The average molecular weight is 289 g/mol. The quantitative estimate of drug-likeness (QED) is 0.833. The van der Waals surface area contributed by atoms with Gasteiger partial charge in [0.1, 0.15) is 11.5 Å². The highest BCUT2D eigenvalue weighted by atomic mass is 16.5. The highest BCUT2D eigenvalue weighted by Gasteiger charge is 2.09. The molecule has 0 radical (unpaired) electrons. The number of rotatable bonds is 7. The summed E-state index contributed by atoms with van der Waals surface area (Å²) in [5.74, 6) is 1.72. The Morgan fingerprint density at radius 1 is 1.14 bits per heavy atom. The topological polar surface area (TPSA) is 82.0 Å². The molecule has 0 aliphatic heterocycles. The van der Waals surface area contributed by atoms with Gasteiger partial charge in [0.2, 0.25) is 5.88 Å². The van der Waals surface area contributed by atoms with E-state index in [-0.39, 0.29) is 0 Å². The minimum absolute atomic E-state index is 0.417. The molecule has 0 amide bonds. The Labute approximate surface area is 123 Å². The minimum Gasteiger partial charge on any atom is -0.480 e. The van der Waals surface area contributed by atoms with E-state index in [9.17, 15) is 0 Å². The Morgan fingerprint density at radius 2 is 2.00 bits per heavy atom. The van der Waals surface area contributed by atoms with Crippen molar-refractivity contribution in [1.29, 1.82) is 0 Å². The third kappa shape index (κ3) is 4.09. The molecule has 7 nitrogen and oxygen atoms in total. The maximum atomic E-state index is 5.14. The molecule has 2 rings (SSSR count). The number of hydrogen-bond donors (Lipinski definition) is 1. The Kier molecular flexibility index (Phi) is 5.39. The molecule has 0 fully saturated rings. The van der Waals surface area contributed by atoms with Gasteiger partial charge in [-0.2, -0.15) is 0 Å². The molecule has 1 N–H and O–H groups in total. The molecule has 2 heterocycles. The minimum atomic E-state index is 0.417. The van der Waals surface area contributed by atoms with E-state index in [0.29, 0.717) is 24.0 Å². The van der Waals surface area contributed by atoms with Crippen molar-refractivity contribution >= 4 is 5.82 Å². The summed E-state index contributed by atoms with van der Waals surface area (Å²) < 4.78 is 10.1. The normalized spacial score (nSPS) is 10.4. The standard InChI is InChI=1S/C14H19N5O2/c1-4-7-15-12-8-10(9-20-2)16-14(17-12)11-5-6-13(21-3)19-18-11/h5-6,8H,4,7,9H2,1-3H3,(H,15,16,17). The molecule has 0 atom stereocenters. The van der Waals surface area contributed by atoms with Crippen molar-refractivity contribution in [2.75, 3.05) is 26.1 Å². The molecule has 2 aromatic rings. The second kappa shape index (κ2) is 7.49. The van der Waals surface area contributed by atoms with E-state index >= 15 is 0 Å². The van der Waals surface area contributed by atoms with Crippen LogP contribution in [0.2, 0.25) is 0 Å². The predicted octanol–water partition coefficient (Wildman–Crippen LogP) is 1.91. The van der Waals surface area contributed by atoms with Crippen molar-refractivity contribution in [2.45, 2.75) is 20.0 Å². The van der Waals surface area contributed by atoms with Gasteiger partial charge in [-0.3, -0.25) is 0 Å². The third-order valence-electron chi connectivity index (χ3n) is 2.71. The molecule has 7 heteroatoms. The number of anilines is 1. The van der Waals surface area contributed by atoms with Crippen LogP contribution >= 0.6 is 0 Å². The van der Waals surface area contributed by atoms with Gasteiger partial charge >= 0.3 is 0 Å². The van der Waals surface area contributed by atoms with Crippen molar-refractivity contribution in [3.05, 3.63) is 23.9 Å². The summed E-state index contributed by atoms with van der Waals surface area (Å²) in [5, 5.41) is 11.3.